The van der Waals surface area contributed by atoms with Crippen LogP contribution in [-0.4, -0.2) is 0 Å². The van der Waals surface area contributed by atoms with Crippen molar-refractivity contribution in [3.05, 3.63) is 34.9 Å². The fraction of sp³-hybridized carbons (Fsp3) is 0.625. The van der Waals surface area contributed by atoms with Gasteiger partial charge in [-0.05, 0) is 27.5 Å². The molecule has 1 nitrogen and oxygen atoms in total. The van der Waals surface area contributed by atoms with Gasteiger partial charge in [-0.15, -0.1) is 0 Å². The van der Waals surface area contributed by atoms with Gasteiger partial charge in [0.25, 0.3) is 0 Å². The average molecular weight is 232 g/mol. The maximum absolute atomic E-state index is 5.96. The van der Waals surface area contributed by atoms with Gasteiger partial charge in [0.2, 0.25) is 0 Å². The fourth-order valence-electron chi connectivity index (χ4n) is 2.43. The molecule has 17 heavy (non-hydrogen) atoms. The smallest absolute Gasteiger partial charge is 0.0881 e. The minimum Gasteiger partial charge on any atom is -0.368 e. The second kappa shape index (κ2) is 3.84. The molecule has 1 aromatic rings. The summed E-state index contributed by atoms with van der Waals surface area (Å²) in [5.74, 6) is 0. The number of ether oxygens (including phenoxy) is 1. The molecule has 0 bridgehead atoms. The lowest BCUT2D eigenvalue weighted by atomic mass is 9.81. The van der Waals surface area contributed by atoms with Gasteiger partial charge in [-0.1, -0.05) is 59.7 Å². The van der Waals surface area contributed by atoms with E-state index < -0.39 is 0 Å². The first-order valence-electron chi connectivity index (χ1n) is 6.44. The van der Waals surface area contributed by atoms with Crippen LogP contribution in [0.15, 0.2) is 18.2 Å². The molecule has 0 amide bonds. The Morgan fingerprint density at radius 3 is 2.24 bits per heavy atom. The zero-order chi connectivity index (χ0) is 12.8. The summed E-state index contributed by atoms with van der Waals surface area (Å²) in [5.41, 5.74) is 4.54. The number of fused-ring (bicyclic) bond motifs is 1. The first kappa shape index (κ1) is 12.6. The first-order valence-corrected chi connectivity index (χ1v) is 6.44. The Hall–Kier alpha value is -0.820. The van der Waals surface area contributed by atoms with Crippen LogP contribution in [0, 0.1) is 5.41 Å². The molecule has 1 heteroatoms. The zero-order valence-corrected chi connectivity index (χ0v) is 11.9. The highest BCUT2D eigenvalue weighted by Gasteiger charge is 2.33. The molecule has 0 radical (unpaired) electrons. The van der Waals surface area contributed by atoms with E-state index in [1.54, 1.807) is 0 Å². The third kappa shape index (κ3) is 2.40. The molecule has 1 heterocycles. The summed E-state index contributed by atoms with van der Waals surface area (Å²) in [6.45, 7) is 14.3. The van der Waals surface area contributed by atoms with E-state index in [9.17, 15) is 0 Å². The van der Waals surface area contributed by atoms with E-state index in [4.69, 9.17) is 4.74 Å². The van der Waals surface area contributed by atoms with Crippen molar-refractivity contribution in [2.24, 2.45) is 5.41 Å². The summed E-state index contributed by atoms with van der Waals surface area (Å²) in [5, 5.41) is 0. The van der Waals surface area contributed by atoms with Crippen molar-refractivity contribution in [1.82, 2.24) is 0 Å². The lowest BCUT2D eigenvalue weighted by Crippen LogP contribution is -2.17. The Kier molecular flexibility index (Phi) is 2.86. The minimum absolute atomic E-state index is 0.175. The molecule has 1 aliphatic heterocycles. The topological polar surface area (TPSA) is 9.23 Å². The molecule has 94 valence electrons. The summed E-state index contributed by atoms with van der Waals surface area (Å²) in [6.07, 6.45) is 0.242. The second-order valence-corrected chi connectivity index (χ2v) is 7.22. The summed E-state index contributed by atoms with van der Waals surface area (Å²) in [6, 6.07) is 6.84. The lowest BCUT2D eigenvalue weighted by molar-refractivity contribution is -0.00789. The van der Waals surface area contributed by atoms with E-state index in [0.29, 0.717) is 0 Å². The Balaban J connectivity index is 2.39. The Bertz CT molecular complexity index is 418. The Morgan fingerprint density at radius 2 is 1.71 bits per heavy atom. The van der Waals surface area contributed by atoms with Gasteiger partial charge in [0.1, 0.15) is 0 Å². The molecule has 0 saturated heterocycles. The summed E-state index contributed by atoms with van der Waals surface area (Å²) in [7, 11) is 0. The number of hydrogen-bond donors (Lipinski definition) is 0. The molecule has 1 aliphatic rings. The predicted octanol–water partition coefficient (Wildman–Crippen LogP) is 4.60. The van der Waals surface area contributed by atoms with Gasteiger partial charge >= 0.3 is 0 Å². The van der Waals surface area contributed by atoms with Gasteiger partial charge in [0, 0.05) is 0 Å². The van der Waals surface area contributed by atoms with E-state index >= 15 is 0 Å². The lowest BCUT2D eigenvalue weighted by Gasteiger charge is -2.27. The molecule has 0 spiro atoms. The quantitative estimate of drug-likeness (QED) is 0.635. The summed E-state index contributed by atoms with van der Waals surface area (Å²) >= 11 is 0. The van der Waals surface area contributed by atoms with E-state index in [1.165, 1.54) is 16.7 Å². The first-order chi connectivity index (χ1) is 7.69. The van der Waals surface area contributed by atoms with E-state index in [2.05, 4.69) is 59.7 Å². The third-order valence-electron chi connectivity index (χ3n) is 3.48. The standard InChI is InChI=1S/C16H24O/c1-15(2,3)12-7-8-13-11(9-12)10-17-14(13)16(4,5)6/h7-9,14H,10H2,1-6H3. The van der Waals surface area contributed by atoms with E-state index in [0.717, 1.165) is 6.61 Å². The molecular formula is C16H24O. The van der Waals surface area contributed by atoms with Crippen molar-refractivity contribution in [1.29, 1.82) is 0 Å². The van der Waals surface area contributed by atoms with Crippen LogP contribution < -0.4 is 0 Å². The molecule has 1 aromatic carbocycles. The monoisotopic (exact) mass is 232 g/mol. The van der Waals surface area contributed by atoms with Crippen molar-refractivity contribution in [2.45, 2.75) is 59.7 Å². The molecule has 0 aromatic heterocycles. The SMILES string of the molecule is CC(C)(C)c1ccc2c(c1)COC2C(C)(C)C. The fourth-order valence-corrected chi connectivity index (χ4v) is 2.43. The molecule has 0 N–H and O–H groups in total. The average Bonchev–Trinajstić information content (AvgIpc) is 2.57. The molecule has 1 unspecified atom stereocenters. The van der Waals surface area contributed by atoms with E-state index in [-0.39, 0.29) is 16.9 Å². The van der Waals surface area contributed by atoms with Crippen LogP contribution in [0.1, 0.15) is 64.3 Å². The summed E-state index contributed by atoms with van der Waals surface area (Å²) in [4.78, 5) is 0. The summed E-state index contributed by atoms with van der Waals surface area (Å²) < 4.78 is 5.96. The van der Waals surface area contributed by atoms with Crippen molar-refractivity contribution >= 4 is 0 Å². The zero-order valence-electron chi connectivity index (χ0n) is 11.9. The van der Waals surface area contributed by atoms with Crippen molar-refractivity contribution in [2.75, 3.05) is 0 Å². The van der Waals surface area contributed by atoms with Gasteiger partial charge in [-0.2, -0.15) is 0 Å². The Morgan fingerprint density at radius 1 is 1.06 bits per heavy atom. The normalized spacial score (nSPS) is 20.5. The van der Waals surface area contributed by atoms with Crippen LogP contribution in [0.25, 0.3) is 0 Å². The van der Waals surface area contributed by atoms with Crippen LogP contribution in [-0.2, 0) is 16.8 Å². The van der Waals surface area contributed by atoms with Crippen LogP contribution in [0.5, 0.6) is 0 Å². The van der Waals surface area contributed by atoms with Crippen LogP contribution in [0.3, 0.4) is 0 Å². The highest BCUT2D eigenvalue weighted by Crippen LogP contribution is 2.43. The predicted molar refractivity (Wildman–Crippen MR) is 72.1 cm³/mol. The highest BCUT2D eigenvalue weighted by atomic mass is 16.5. The van der Waals surface area contributed by atoms with Crippen molar-refractivity contribution in [3.8, 4) is 0 Å². The van der Waals surface area contributed by atoms with E-state index in [1.807, 2.05) is 0 Å². The number of hydrogen-bond acceptors (Lipinski definition) is 1. The molecule has 0 fully saturated rings. The van der Waals surface area contributed by atoms with Crippen LogP contribution in [0.2, 0.25) is 0 Å². The van der Waals surface area contributed by atoms with Gasteiger partial charge in [0.15, 0.2) is 0 Å². The molecule has 0 saturated carbocycles. The number of rotatable bonds is 0. The third-order valence-corrected chi connectivity index (χ3v) is 3.48. The Labute approximate surface area is 105 Å². The van der Waals surface area contributed by atoms with Crippen LogP contribution >= 0.6 is 0 Å². The van der Waals surface area contributed by atoms with Gasteiger partial charge in [-0.3, -0.25) is 0 Å². The van der Waals surface area contributed by atoms with Gasteiger partial charge < -0.3 is 4.74 Å². The maximum atomic E-state index is 5.96. The molecular weight excluding hydrogens is 208 g/mol. The van der Waals surface area contributed by atoms with Gasteiger partial charge in [-0.25, -0.2) is 0 Å². The van der Waals surface area contributed by atoms with Crippen molar-refractivity contribution < 1.29 is 4.74 Å². The van der Waals surface area contributed by atoms with Crippen LogP contribution in [0.4, 0.5) is 0 Å². The molecule has 2 rings (SSSR count). The highest BCUT2D eigenvalue weighted by molar-refractivity contribution is 5.38. The molecule has 1 atom stereocenters. The van der Waals surface area contributed by atoms with Gasteiger partial charge in [0.05, 0.1) is 12.7 Å². The largest absolute Gasteiger partial charge is 0.368 e. The minimum atomic E-state index is 0.175. The van der Waals surface area contributed by atoms with Crippen molar-refractivity contribution in [3.63, 3.8) is 0 Å². The maximum Gasteiger partial charge on any atom is 0.0881 e. The second-order valence-electron chi connectivity index (χ2n) is 7.22. The molecule has 0 aliphatic carbocycles. The number of benzene rings is 1.